The Bertz CT molecular complexity index is 583. The summed E-state index contributed by atoms with van der Waals surface area (Å²) in [4.78, 5) is 2.31. The summed E-state index contributed by atoms with van der Waals surface area (Å²) in [6, 6.07) is 16.7. The fourth-order valence-electron chi connectivity index (χ4n) is 2.35. The van der Waals surface area contributed by atoms with E-state index in [1.165, 1.54) is 11.1 Å². The molecule has 0 amide bonds. The van der Waals surface area contributed by atoms with E-state index < -0.39 is 0 Å². The van der Waals surface area contributed by atoms with Gasteiger partial charge in [0, 0.05) is 12.6 Å². The smallest absolute Gasteiger partial charge is 0.119 e. The van der Waals surface area contributed by atoms with E-state index in [0.29, 0.717) is 6.04 Å². The highest BCUT2D eigenvalue weighted by Crippen LogP contribution is 2.24. The molecule has 2 aromatic carbocycles. The maximum absolute atomic E-state index is 5.30. The summed E-state index contributed by atoms with van der Waals surface area (Å²) in [6.07, 6.45) is 0. The van der Waals surface area contributed by atoms with E-state index in [4.69, 9.17) is 9.47 Å². The van der Waals surface area contributed by atoms with Crippen LogP contribution in [-0.2, 0) is 6.54 Å². The van der Waals surface area contributed by atoms with Crippen molar-refractivity contribution in [3.05, 3.63) is 59.7 Å². The van der Waals surface area contributed by atoms with Crippen molar-refractivity contribution in [1.29, 1.82) is 0 Å². The lowest BCUT2D eigenvalue weighted by Crippen LogP contribution is -2.21. The molecule has 0 fully saturated rings. The quantitative estimate of drug-likeness (QED) is 0.803. The summed E-state index contributed by atoms with van der Waals surface area (Å²) < 4.78 is 10.6. The molecular weight excluding hydrogens is 262 g/mol. The van der Waals surface area contributed by atoms with Crippen LogP contribution in [0, 0.1) is 0 Å². The van der Waals surface area contributed by atoms with Crippen LogP contribution in [0.3, 0.4) is 0 Å². The van der Waals surface area contributed by atoms with Crippen molar-refractivity contribution >= 4 is 0 Å². The van der Waals surface area contributed by atoms with E-state index in [1.807, 2.05) is 24.3 Å². The normalized spacial score (nSPS) is 12.2. The molecule has 0 aromatic heterocycles. The Morgan fingerprint density at radius 2 is 1.57 bits per heavy atom. The Balaban J connectivity index is 2.09. The van der Waals surface area contributed by atoms with E-state index >= 15 is 0 Å². The van der Waals surface area contributed by atoms with Gasteiger partial charge in [0.25, 0.3) is 0 Å². The average Bonchev–Trinajstić information content (AvgIpc) is 2.54. The SMILES string of the molecule is COc1cccc(CN(C)[C@H](C)c2cccc(OC)c2)c1. The van der Waals surface area contributed by atoms with Gasteiger partial charge < -0.3 is 9.47 Å². The van der Waals surface area contributed by atoms with Crippen LogP contribution < -0.4 is 9.47 Å². The van der Waals surface area contributed by atoms with Gasteiger partial charge in [-0.3, -0.25) is 4.90 Å². The Kier molecular flexibility index (Phi) is 5.23. The van der Waals surface area contributed by atoms with Gasteiger partial charge in [-0.15, -0.1) is 0 Å². The molecule has 0 heterocycles. The lowest BCUT2D eigenvalue weighted by atomic mass is 10.1. The van der Waals surface area contributed by atoms with Crippen LogP contribution >= 0.6 is 0 Å². The maximum Gasteiger partial charge on any atom is 0.119 e. The van der Waals surface area contributed by atoms with Crippen molar-refractivity contribution < 1.29 is 9.47 Å². The second-order valence-electron chi connectivity index (χ2n) is 5.22. The number of hydrogen-bond donors (Lipinski definition) is 0. The van der Waals surface area contributed by atoms with E-state index in [0.717, 1.165) is 18.0 Å². The van der Waals surface area contributed by atoms with Gasteiger partial charge >= 0.3 is 0 Å². The third-order valence-corrected chi connectivity index (χ3v) is 3.80. The zero-order valence-corrected chi connectivity index (χ0v) is 13.2. The zero-order valence-electron chi connectivity index (χ0n) is 13.2. The van der Waals surface area contributed by atoms with Crippen LogP contribution in [0.1, 0.15) is 24.1 Å². The topological polar surface area (TPSA) is 21.7 Å². The number of nitrogens with zero attached hydrogens (tertiary/aromatic N) is 1. The number of benzene rings is 2. The van der Waals surface area contributed by atoms with E-state index in [1.54, 1.807) is 14.2 Å². The summed E-state index contributed by atoms with van der Waals surface area (Å²) in [6.45, 7) is 3.07. The molecule has 1 atom stereocenters. The molecule has 0 bridgehead atoms. The molecule has 112 valence electrons. The molecule has 0 saturated carbocycles. The first-order valence-corrected chi connectivity index (χ1v) is 7.11. The van der Waals surface area contributed by atoms with Gasteiger partial charge in [0.2, 0.25) is 0 Å². The summed E-state index contributed by atoms with van der Waals surface area (Å²) in [5.74, 6) is 1.80. The summed E-state index contributed by atoms with van der Waals surface area (Å²) in [5.41, 5.74) is 2.49. The van der Waals surface area contributed by atoms with Gasteiger partial charge in [0.1, 0.15) is 11.5 Å². The number of methoxy groups -OCH3 is 2. The van der Waals surface area contributed by atoms with Gasteiger partial charge in [-0.25, -0.2) is 0 Å². The second-order valence-corrected chi connectivity index (χ2v) is 5.22. The summed E-state index contributed by atoms with van der Waals surface area (Å²) >= 11 is 0. The molecule has 2 aromatic rings. The number of hydrogen-bond acceptors (Lipinski definition) is 3. The lowest BCUT2D eigenvalue weighted by molar-refractivity contribution is 0.252. The fourth-order valence-corrected chi connectivity index (χ4v) is 2.35. The van der Waals surface area contributed by atoms with Gasteiger partial charge in [0.05, 0.1) is 14.2 Å². The first-order chi connectivity index (χ1) is 10.1. The minimum atomic E-state index is 0.311. The molecule has 3 heteroatoms. The zero-order chi connectivity index (χ0) is 15.2. The molecule has 3 nitrogen and oxygen atoms in total. The van der Waals surface area contributed by atoms with Gasteiger partial charge in [-0.2, -0.15) is 0 Å². The highest BCUT2D eigenvalue weighted by Gasteiger charge is 2.13. The third kappa shape index (κ3) is 3.99. The molecule has 0 aliphatic rings. The summed E-state index contributed by atoms with van der Waals surface area (Å²) in [7, 11) is 5.52. The Morgan fingerprint density at radius 3 is 2.24 bits per heavy atom. The summed E-state index contributed by atoms with van der Waals surface area (Å²) in [5, 5.41) is 0. The van der Waals surface area contributed by atoms with Gasteiger partial charge in [0.15, 0.2) is 0 Å². The number of rotatable bonds is 6. The van der Waals surface area contributed by atoms with Crippen LogP contribution in [0.25, 0.3) is 0 Å². The predicted octanol–water partition coefficient (Wildman–Crippen LogP) is 3.90. The molecule has 0 unspecified atom stereocenters. The van der Waals surface area contributed by atoms with Crippen molar-refractivity contribution in [2.45, 2.75) is 19.5 Å². The van der Waals surface area contributed by atoms with Crippen LogP contribution in [0.2, 0.25) is 0 Å². The van der Waals surface area contributed by atoms with Crippen LogP contribution in [0.5, 0.6) is 11.5 Å². The van der Waals surface area contributed by atoms with Crippen LogP contribution in [0.15, 0.2) is 48.5 Å². The van der Waals surface area contributed by atoms with E-state index in [2.05, 4.69) is 43.1 Å². The van der Waals surface area contributed by atoms with Crippen molar-refractivity contribution in [2.24, 2.45) is 0 Å². The van der Waals surface area contributed by atoms with Crippen molar-refractivity contribution in [3.63, 3.8) is 0 Å². The monoisotopic (exact) mass is 285 g/mol. The average molecular weight is 285 g/mol. The van der Waals surface area contributed by atoms with Gasteiger partial charge in [-0.1, -0.05) is 24.3 Å². The largest absolute Gasteiger partial charge is 0.497 e. The third-order valence-electron chi connectivity index (χ3n) is 3.80. The molecule has 0 spiro atoms. The van der Waals surface area contributed by atoms with E-state index in [9.17, 15) is 0 Å². The van der Waals surface area contributed by atoms with E-state index in [-0.39, 0.29) is 0 Å². The van der Waals surface area contributed by atoms with Gasteiger partial charge in [-0.05, 0) is 49.4 Å². The Hall–Kier alpha value is -2.00. The number of ether oxygens (including phenoxy) is 2. The van der Waals surface area contributed by atoms with Crippen molar-refractivity contribution in [1.82, 2.24) is 4.90 Å². The maximum atomic E-state index is 5.30. The highest BCUT2D eigenvalue weighted by atomic mass is 16.5. The first kappa shape index (κ1) is 15.4. The molecule has 21 heavy (non-hydrogen) atoms. The lowest BCUT2D eigenvalue weighted by Gasteiger charge is -2.25. The predicted molar refractivity (Wildman–Crippen MR) is 85.9 cm³/mol. The fraction of sp³-hybridized carbons (Fsp3) is 0.333. The molecule has 0 N–H and O–H groups in total. The first-order valence-electron chi connectivity index (χ1n) is 7.11. The molecule has 0 saturated heterocycles. The molecule has 0 radical (unpaired) electrons. The second kappa shape index (κ2) is 7.14. The Morgan fingerprint density at radius 1 is 0.952 bits per heavy atom. The minimum absolute atomic E-state index is 0.311. The molecule has 0 aliphatic heterocycles. The molecule has 0 aliphatic carbocycles. The molecular formula is C18H23NO2. The van der Waals surface area contributed by atoms with Crippen molar-refractivity contribution in [3.8, 4) is 11.5 Å². The molecule has 2 rings (SSSR count). The minimum Gasteiger partial charge on any atom is -0.497 e. The standard InChI is InChI=1S/C18H23NO2/c1-14(16-8-6-10-18(12-16)21-4)19(2)13-15-7-5-9-17(11-15)20-3/h5-12,14H,13H2,1-4H3/t14-/m1/s1. The van der Waals surface area contributed by atoms with Crippen molar-refractivity contribution in [2.75, 3.05) is 21.3 Å². The Labute approximate surface area is 127 Å². The van der Waals surface area contributed by atoms with Crippen LogP contribution in [-0.4, -0.2) is 26.2 Å². The highest BCUT2D eigenvalue weighted by molar-refractivity contribution is 5.31. The van der Waals surface area contributed by atoms with Crippen LogP contribution in [0.4, 0.5) is 0 Å².